The molecule has 2 aliphatic heterocycles. The summed E-state index contributed by atoms with van der Waals surface area (Å²) in [6.45, 7) is 4.28. The fraction of sp³-hybridized carbons (Fsp3) is 0.375. The summed E-state index contributed by atoms with van der Waals surface area (Å²) >= 11 is 5.78. The minimum absolute atomic E-state index is 0.00427. The Morgan fingerprint density at radius 3 is 2.80 bits per heavy atom. The lowest BCUT2D eigenvalue weighted by atomic mass is 9.73. The first-order valence-corrected chi connectivity index (χ1v) is 11.7. The van der Waals surface area contributed by atoms with Gasteiger partial charge in [0.05, 0.1) is 28.7 Å². The van der Waals surface area contributed by atoms with Crippen molar-refractivity contribution in [2.24, 2.45) is 11.1 Å². The molecule has 11 heteroatoms. The Hall–Kier alpha value is -3.26. The molecule has 5 heterocycles. The van der Waals surface area contributed by atoms with E-state index in [9.17, 15) is 8.78 Å². The maximum absolute atomic E-state index is 14.3. The van der Waals surface area contributed by atoms with Crippen molar-refractivity contribution in [2.75, 3.05) is 24.6 Å². The first kappa shape index (κ1) is 22.2. The summed E-state index contributed by atoms with van der Waals surface area (Å²) < 4.78 is 36.1. The van der Waals surface area contributed by atoms with E-state index in [1.54, 1.807) is 6.20 Å². The third-order valence-electron chi connectivity index (χ3n) is 7.28. The van der Waals surface area contributed by atoms with Crippen molar-refractivity contribution in [2.45, 2.75) is 31.9 Å². The smallest absolute Gasteiger partial charge is 0.213 e. The largest absolute Gasteiger partial charge is 0.376 e. The second-order valence-electron chi connectivity index (χ2n) is 9.19. The number of fused-ring (bicyclic) bond motifs is 3. The highest BCUT2D eigenvalue weighted by atomic mass is 35.5. The Morgan fingerprint density at radius 2 is 2.06 bits per heavy atom. The number of piperidine rings is 1. The maximum atomic E-state index is 14.3. The molecule has 3 N–H and O–H groups in total. The first-order chi connectivity index (χ1) is 16.9. The summed E-state index contributed by atoms with van der Waals surface area (Å²) in [6.07, 6.45) is 5.38. The van der Waals surface area contributed by atoms with Gasteiger partial charge in [0.15, 0.2) is 17.1 Å². The Balaban J connectivity index is 1.36. The molecule has 2 fully saturated rings. The lowest BCUT2D eigenvalue weighted by Gasteiger charge is -2.41. The zero-order valence-electron chi connectivity index (χ0n) is 18.9. The number of ether oxygens (including phenoxy) is 1. The van der Waals surface area contributed by atoms with E-state index in [0.717, 1.165) is 44.0 Å². The highest BCUT2D eigenvalue weighted by Crippen LogP contribution is 2.42. The number of benzene rings is 1. The number of nitrogens with zero attached hydrogens (tertiary/aromatic N) is 5. The molecule has 0 unspecified atom stereocenters. The minimum atomic E-state index is -0.907. The van der Waals surface area contributed by atoms with Gasteiger partial charge >= 0.3 is 0 Å². The van der Waals surface area contributed by atoms with Crippen molar-refractivity contribution in [1.29, 1.82) is 0 Å². The molecule has 0 bridgehead atoms. The Kier molecular flexibility index (Phi) is 5.18. The van der Waals surface area contributed by atoms with Gasteiger partial charge in [-0.05, 0) is 37.8 Å². The summed E-state index contributed by atoms with van der Waals surface area (Å²) in [5.41, 5.74) is 7.43. The molecule has 3 aromatic heterocycles. The predicted molar refractivity (Wildman–Crippen MR) is 127 cm³/mol. The molecule has 0 saturated carbocycles. The number of aromatic nitrogens is 5. The molecular weight excluding hydrogens is 476 g/mol. The number of hydrogen-bond donors (Lipinski definition) is 2. The van der Waals surface area contributed by atoms with E-state index >= 15 is 0 Å². The van der Waals surface area contributed by atoms with E-state index < -0.39 is 17.2 Å². The molecule has 4 aromatic rings. The van der Waals surface area contributed by atoms with Crippen LogP contribution >= 0.6 is 11.6 Å². The average molecular weight is 498 g/mol. The van der Waals surface area contributed by atoms with Crippen LogP contribution < -0.4 is 10.6 Å². The van der Waals surface area contributed by atoms with Crippen molar-refractivity contribution in [3.8, 4) is 11.8 Å². The van der Waals surface area contributed by atoms with Gasteiger partial charge in [0.25, 0.3) is 0 Å². The topological polar surface area (TPSA) is 97.4 Å². The summed E-state index contributed by atoms with van der Waals surface area (Å²) in [5.74, 6) is 4.30. The molecule has 2 atom stereocenters. The molecule has 0 amide bonds. The van der Waals surface area contributed by atoms with Crippen LogP contribution in [0.15, 0.2) is 24.5 Å². The van der Waals surface area contributed by atoms with Crippen LogP contribution in [0.1, 0.15) is 31.0 Å². The van der Waals surface area contributed by atoms with Gasteiger partial charge in [-0.25, -0.2) is 13.8 Å². The number of halogens is 3. The van der Waals surface area contributed by atoms with Gasteiger partial charge in [-0.3, -0.25) is 9.50 Å². The van der Waals surface area contributed by atoms with Crippen molar-refractivity contribution < 1.29 is 13.5 Å². The standard InChI is InChI=1S/C24H22ClF2N7O/c1-13-20(28)24(12-35-13)6-9-33(10-7-24)23-30-21-18(22-29-8-11-34(22)23)17(31-32-21)5-2-14-16(26)4-3-15(25)19(14)27/h3-4,8,11,13,20H,6-7,9-10,12,28H2,1H3,(H,31,32)/t13-,20+/m0/s1. The molecule has 1 spiro atoms. The van der Waals surface area contributed by atoms with Crippen molar-refractivity contribution in [3.05, 3.63) is 52.4 Å². The van der Waals surface area contributed by atoms with E-state index in [0.29, 0.717) is 23.3 Å². The zero-order chi connectivity index (χ0) is 24.3. The number of aromatic amines is 1. The summed E-state index contributed by atoms with van der Waals surface area (Å²) in [6, 6.07) is 2.25. The quantitative estimate of drug-likeness (QED) is 0.309. The fourth-order valence-electron chi connectivity index (χ4n) is 5.13. The number of hydrogen-bond acceptors (Lipinski definition) is 6. The number of nitrogens with two attached hydrogens (primary N) is 1. The van der Waals surface area contributed by atoms with Gasteiger partial charge in [-0.2, -0.15) is 10.1 Å². The highest BCUT2D eigenvalue weighted by molar-refractivity contribution is 6.30. The van der Waals surface area contributed by atoms with E-state index in [1.165, 1.54) is 0 Å². The molecule has 2 saturated heterocycles. The maximum Gasteiger partial charge on any atom is 0.213 e. The zero-order valence-corrected chi connectivity index (χ0v) is 19.6. The number of imidazole rings is 1. The van der Waals surface area contributed by atoms with E-state index in [-0.39, 0.29) is 28.3 Å². The number of nitrogens with one attached hydrogen (secondary N) is 1. The van der Waals surface area contributed by atoms with Gasteiger partial charge in [0.1, 0.15) is 11.5 Å². The van der Waals surface area contributed by atoms with E-state index in [1.807, 2.05) is 17.5 Å². The van der Waals surface area contributed by atoms with Crippen LogP contribution in [0.5, 0.6) is 0 Å². The molecule has 0 radical (unpaired) electrons. The predicted octanol–water partition coefficient (Wildman–Crippen LogP) is 3.27. The summed E-state index contributed by atoms with van der Waals surface area (Å²) in [4.78, 5) is 11.5. The minimum Gasteiger partial charge on any atom is -0.376 e. The number of H-pyrrole nitrogens is 1. The van der Waals surface area contributed by atoms with Crippen LogP contribution in [0.3, 0.4) is 0 Å². The van der Waals surface area contributed by atoms with Gasteiger partial charge in [-0.15, -0.1) is 0 Å². The highest BCUT2D eigenvalue weighted by Gasteiger charge is 2.47. The van der Waals surface area contributed by atoms with Crippen molar-refractivity contribution in [1.82, 2.24) is 24.6 Å². The van der Waals surface area contributed by atoms with Gasteiger partial charge < -0.3 is 15.4 Å². The van der Waals surface area contributed by atoms with Gasteiger partial charge in [0, 0.05) is 36.9 Å². The Labute approximate surface area is 204 Å². The van der Waals surface area contributed by atoms with Crippen LogP contribution in [0.2, 0.25) is 5.02 Å². The van der Waals surface area contributed by atoms with Crippen LogP contribution in [0, 0.1) is 28.9 Å². The van der Waals surface area contributed by atoms with Gasteiger partial charge in [-0.1, -0.05) is 17.5 Å². The summed E-state index contributed by atoms with van der Waals surface area (Å²) in [5, 5.41) is 7.50. The molecule has 2 aliphatic rings. The average Bonchev–Trinajstić information content (AvgIpc) is 3.57. The monoisotopic (exact) mass is 497 g/mol. The van der Waals surface area contributed by atoms with Crippen molar-refractivity contribution in [3.63, 3.8) is 0 Å². The second-order valence-corrected chi connectivity index (χ2v) is 9.60. The lowest BCUT2D eigenvalue weighted by molar-refractivity contribution is 0.0973. The van der Waals surface area contributed by atoms with Crippen LogP contribution in [0.4, 0.5) is 14.7 Å². The molecule has 6 rings (SSSR count). The van der Waals surface area contributed by atoms with Crippen LogP contribution in [-0.4, -0.2) is 56.4 Å². The Morgan fingerprint density at radius 1 is 1.26 bits per heavy atom. The fourth-order valence-corrected chi connectivity index (χ4v) is 5.29. The molecule has 1 aromatic carbocycles. The normalized spacial score (nSPS) is 21.7. The molecule has 0 aliphatic carbocycles. The number of anilines is 1. The van der Waals surface area contributed by atoms with Crippen molar-refractivity contribution >= 4 is 34.2 Å². The molecule has 8 nitrogen and oxygen atoms in total. The second kappa shape index (κ2) is 8.16. The van der Waals surface area contributed by atoms with Crippen LogP contribution in [0.25, 0.3) is 16.7 Å². The van der Waals surface area contributed by atoms with E-state index in [2.05, 4.69) is 31.9 Å². The molecule has 180 valence electrons. The van der Waals surface area contributed by atoms with E-state index in [4.69, 9.17) is 27.1 Å². The third-order valence-corrected chi connectivity index (χ3v) is 7.57. The van der Waals surface area contributed by atoms with Crippen LogP contribution in [-0.2, 0) is 4.74 Å². The number of rotatable bonds is 1. The summed E-state index contributed by atoms with van der Waals surface area (Å²) in [7, 11) is 0. The molecule has 35 heavy (non-hydrogen) atoms. The lowest BCUT2D eigenvalue weighted by Crippen LogP contribution is -2.51. The van der Waals surface area contributed by atoms with Gasteiger partial charge in [0.2, 0.25) is 5.95 Å². The first-order valence-electron chi connectivity index (χ1n) is 11.4. The molecular formula is C24H22ClF2N7O. The Bertz CT molecular complexity index is 1510. The SMILES string of the molecule is C[C@@H]1OCC2(CCN(c3nc4[nH]nc(C#Cc5c(F)ccc(Cl)c5F)c4c4nccn34)CC2)[C@@H]1N. The third kappa shape index (κ3) is 3.45.